The van der Waals surface area contributed by atoms with Crippen LogP contribution in [0.15, 0.2) is 0 Å². The maximum Gasteiger partial charge on any atom is 0.341 e. The molecule has 0 spiro atoms. The van der Waals surface area contributed by atoms with Gasteiger partial charge in [-0.05, 0) is 24.3 Å². The summed E-state index contributed by atoms with van der Waals surface area (Å²) in [5, 5.41) is 0. The smallest absolute Gasteiger partial charge is 0.126 e. The Balaban J connectivity index is 3.61. The van der Waals surface area contributed by atoms with Crippen molar-refractivity contribution in [2.45, 2.75) is 33.2 Å². The minimum absolute atomic E-state index is 0.550. The molecule has 0 bridgehead atoms. The molecule has 0 aliphatic heterocycles. The van der Waals surface area contributed by atoms with Gasteiger partial charge in [-0.25, -0.2) is 0 Å². The van der Waals surface area contributed by atoms with Crippen molar-refractivity contribution in [2.75, 3.05) is 0 Å². The molecule has 0 aromatic carbocycles. The Morgan fingerprint density at radius 1 is 1.09 bits per heavy atom. The summed E-state index contributed by atoms with van der Waals surface area (Å²) < 4.78 is 0. The van der Waals surface area contributed by atoms with Gasteiger partial charge in [0.2, 0.25) is 0 Å². The fourth-order valence-electron chi connectivity index (χ4n) is 1.28. The highest BCUT2D eigenvalue weighted by Gasteiger charge is 2.27. The van der Waals surface area contributed by atoms with E-state index < -0.39 is 6.00 Å². The largest absolute Gasteiger partial charge is 0.341 e. The summed E-state index contributed by atoms with van der Waals surface area (Å²) in [6.07, 6.45) is 1.15. The topological polar surface area (TPSA) is 0 Å². The van der Waals surface area contributed by atoms with E-state index >= 15 is 0 Å². The summed E-state index contributed by atoms with van der Waals surface area (Å²) in [6.45, 7) is 6.53. The molecule has 0 aromatic rings. The first-order chi connectivity index (χ1) is 4.81. The van der Waals surface area contributed by atoms with Crippen molar-refractivity contribution >= 4 is 39.2 Å². The summed E-state index contributed by atoms with van der Waals surface area (Å²) in [7, 11) is 0. The van der Waals surface area contributed by atoms with E-state index in [0.717, 1.165) is 12.5 Å². The zero-order valence-electron chi connectivity index (χ0n) is 7.20. The van der Waals surface area contributed by atoms with Gasteiger partial charge >= 0.3 is 6.00 Å². The molecule has 0 nitrogen and oxygen atoms in total. The van der Waals surface area contributed by atoms with Gasteiger partial charge in [0.05, 0.1) is 0 Å². The van der Waals surface area contributed by atoms with Gasteiger partial charge in [-0.3, -0.25) is 0 Å². The maximum atomic E-state index is 5.78. The van der Waals surface area contributed by atoms with E-state index in [1.54, 1.807) is 0 Å². The Hall–Kier alpha value is 1.09. The summed E-state index contributed by atoms with van der Waals surface area (Å²) in [5.41, 5.74) is 0. The maximum absolute atomic E-state index is 5.78. The first-order valence-electron chi connectivity index (χ1n) is 3.88. The minimum Gasteiger partial charge on any atom is -0.126 e. The SMILES string of the molecule is CC(C)CC(C)C[Si](Cl)(Cl)Cl. The monoisotopic (exact) mass is 232 g/mol. The Morgan fingerprint density at radius 2 is 1.55 bits per heavy atom. The fraction of sp³-hybridized carbons (Fsp3) is 1.00. The van der Waals surface area contributed by atoms with Crippen LogP contribution in [0, 0.1) is 11.8 Å². The summed E-state index contributed by atoms with van der Waals surface area (Å²) >= 11 is 17.3. The Morgan fingerprint density at radius 3 is 1.82 bits per heavy atom. The zero-order valence-corrected chi connectivity index (χ0v) is 10.5. The fourth-order valence-corrected chi connectivity index (χ4v) is 4.61. The van der Waals surface area contributed by atoms with Gasteiger partial charge in [0, 0.05) is 0 Å². The molecule has 68 valence electrons. The Labute approximate surface area is 84.3 Å². The van der Waals surface area contributed by atoms with Crippen LogP contribution in [-0.2, 0) is 0 Å². The molecule has 11 heavy (non-hydrogen) atoms. The lowest BCUT2D eigenvalue weighted by molar-refractivity contribution is 0.468. The highest BCUT2D eigenvalue weighted by Crippen LogP contribution is 2.31. The molecular weight excluding hydrogens is 219 g/mol. The van der Waals surface area contributed by atoms with Gasteiger partial charge in [-0.15, -0.1) is 33.2 Å². The van der Waals surface area contributed by atoms with Crippen LogP contribution in [0.2, 0.25) is 6.04 Å². The second-order valence-corrected chi connectivity index (χ2v) is 12.7. The summed E-state index contributed by atoms with van der Waals surface area (Å²) in [4.78, 5) is 0. The number of halogens is 3. The van der Waals surface area contributed by atoms with Crippen LogP contribution in [0.5, 0.6) is 0 Å². The predicted molar refractivity (Wildman–Crippen MR) is 56.7 cm³/mol. The first kappa shape index (κ1) is 12.1. The molecule has 4 heteroatoms. The van der Waals surface area contributed by atoms with E-state index in [2.05, 4.69) is 20.8 Å². The average Bonchev–Trinajstić information content (AvgIpc) is 1.53. The molecule has 0 radical (unpaired) electrons. The first-order valence-corrected chi connectivity index (χ1v) is 9.12. The van der Waals surface area contributed by atoms with Crippen LogP contribution in [0.25, 0.3) is 0 Å². The van der Waals surface area contributed by atoms with Gasteiger partial charge in [0.15, 0.2) is 0 Å². The van der Waals surface area contributed by atoms with Crippen molar-refractivity contribution in [3.05, 3.63) is 0 Å². The standard InChI is InChI=1S/C7H15Cl3Si/c1-6(2)4-7(3)5-11(8,9)10/h6-7H,4-5H2,1-3H3. The summed E-state index contributed by atoms with van der Waals surface area (Å²) in [6, 6.07) is -1.58. The van der Waals surface area contributed by atoms with E-state index in [1.165, 1.54) is 0 Å². The van der Waals surface area contributed by atoms with Crippen LogP contribution >= 0.6 is 33.2 Å². The van der Waals surface area contributed by atoms with Crippen molar-refractivity contribution in [1.29, 1.82) is 0 Å². The molecular formula is C7H15Cl3Si. The van der Waals surface area contributed by atoms with E-state index in [4.69, 9.17) is 33.2 Å². The number of rotatable bonds is 4. The minimum atomic E-state index is -2.37. The molecule has 0 rings (SSSR count). The van der Waals surface area contributed by atoms with Gasteiger partial charge < -0.3 is 0 Å². The third-order valence-corrected chi connectivity index (χ3v) is 4.00. The molecule has 0 amide bonds. The highest BCUT2D eigenvalue weighted by molar-refractivity contribution is 7.64. The van der Waals surface area contributed by atoms with Crippen molar-refractivity contribution in [2.24, 2.45) is 11.8 Å². The molecule has 0 N–H and O–H groups in total. The average molecular weight is 234 g/mol. The van der Waals surface area contributed by atoms with Gasteiger partial charge in [0.1, 0.15) is 0 Å². The molecule has 0 heterocycles. The molecule has 0 saturated carbocycles. The lowest BCUT2D eigenvalue weighted by atomic mass is 10.0. The van der Waals surface area contributed by atoms with Crippen molar-refractivity contribution in [3.8, 4) is 0 Å². The van der Waals surface area contributed by atoms with Crippen LogP contribution in [0.3, 0.4) is 0 Å². The second-order valence-electron chi connectivity index (χ2n) is 3.55. The predicted octanol–water partition coefficient (Wildman–Crippen LogP) is 4.32. The third kappa shape index (κ3) is 9.00. The van der Waals surface area contributed by atoms with E-state index in [9.17, 15) is 0 Å². The summed E-state index contributed by atoms with van der Waals surface area (Å²) in [5.74, 6) is 1.25. The van der Waals surface area contributed by atoms with Crippen molar-refractivity contribution in [1.82, 2.24) is 0 Å². The highest BCUT2D eigenvalue weighted by atomic mass is 35.8. The number of hydrogen-bond acceptors (Lipinski definition) is 0. The third-order valence-electron chi connectivity index (χ3n) is 1.45. The van der Waals surface area contributed by atoms with E-state index in [0.29, 0.717) is 11.8 Å². The molecule has 0 aliphatic rings. The Kier molecular flexibility index (Phi) is 5.45. The van der Waals surface area contributed by atoms with Crippen molar-refractivity contribution in [3.63, 3.8) is 0 Å². The molecule has 0 aliphatic carbocycles. The van der Waals surface area contributed by atoms with Crippen LogP contribution in [-0.4, -0.2) is 6.00 Å². The quantitative estimate of drug-likeness (QED) is 0.501. The molecule has 1 unspecified atom stereocenters. The molecule has 1 atom stereocenters. The van der Waals surface area contributed by atoms with Crippen LogP contribution < -0.4 is 0 Å². The van der Waals surface area contributed by atoms with Crippen LogP contribution in [0.1, 0.15) is 27.2 Å². The van der Waals surface area contributed by atoms with Crippen molar-refractivity contribution < 1.29 is 0 Å². The van der Waals surface area contributed by atoms with E-state index in [1.807, 2.05) is 0 Å². The van der Waals surface area contributed by atoms with E-state index in [-0.39, 0.29) is 0 Å². The number of hydrogen-bond donors (Lipinski definition) is 0. The lowest BCUT2D eigenvalue weighted by Crippen LogP contribution is -2.15. The lowest BCUT2D eigenvalue weighted by Gasteiger charge is -2.16. The molecule has 0 saturated heterocycles. The second kappa shape index (κ2) is 4.96. The zero-order chi connectivity index (χ0) is 9.07. The van der Waals surface area contributed by atoms with Gasteiger partial charge in [0.25, 0.3) is 0 Å². The van der Waals surface area contributed by atoms with Crippen LogP contribution in [0.4, 0.5) is 0 Å². The molecule has 0 aromatic heterocycles. The molecule has 0 fully saturated rings. The Bertz CT molecular complexity index is 109. The van der Waals surface area contributed by atoms with Gasteiger partial charge in [-0.1, -0.05) is 20.8 Å². The van der Waals surface area contributed by atoms with Gasteiger partial charge in [-0.2, -0.15) is 0 Å². The normalized spacial score (nSPS) is 15.5.